The molecule has 1 fully saturated rings. The molecule has 1 aromatic rings. The maximum atomic E-state index is 5.36. The summed E-state index contributed by atoms with van der Waals surface area (Å²) in [6.45, 7) is 10.7. The first-order valence-electron chi connectivity index (χ1n) is 7.61. The third kappa shape index (κ3) is 3.13. The molecule has 4 nitrogen and oxygen atoms in total. The van der Waals surface area contributed by atoms with Gasteiger partial charge in [-0.3, -0.25) is 9.88 Å². The second kappa shape index (κ2) is 6.55. The van der Waals surface area contributed by atoms with Gasteiger partial charge in [-0.2, -0.15) is 0 Å². The fourth-order valence-electron chi connectivity index (χ4n) is 3.18. The van der Waals surface area contributed by atoms with Gasteiger partial charge in [-0.05, 0) is 19.8 Å². The van der Waals surface area contributed by atoms with Crippen LogP contribution in [0.1, 0.15) is 38.1 Å². The third-order valence-corrected chi connectivity index (χ3v) is 4.57. The van der Waals surface area contributed by atoms with Crippen LogP contribution in [0.5, 0.6) is 5.75 Å². The van der Waals surface area contributed by atoms with Crippen molar-refractivity contribution in [2.75, 3.05) is 26.7 Å². The Kier molecular flexibility index (Phi) is 5.00. The smallest absolute Gasteiger partial charge is 0.122 e. The van der Waals surface area contributed by atoms with E-state index >= 15 is 0 Å². The summed E-state index contributed by atoms with van der Waals surface area (Å²) < 4.78 is 5.36. The summed E-state index contributed by atoms with van der Waals surface area (Å²) in [7, 11) is 1.71. The molecule has 0 bridgehead atoms. The first-order chi connectivity index (χ1) is 9.63. The van der Waals surface area contributed by atoms with Crippen molar-refractivity contribution in [3.63, 3.8) is 0 Å². The van der Waals surface area contributed by atoms with Gasteiger partial charge >= 0.3 is 0 Å². The monoisotopic (exact) mass is 277 g/mol. The molecule has 0 spiro atoms. The average Bonchev–Trinajstić information content (AvgIpc) is 2.47. The van der Waals surface area contributed by atoms with E-state index in [1.54, 1.807) is 7.11 Å². The van der Waals surface area contributed by atoms with Gasteiger partial charge in [0, 0.05) is 49.5 Å². The van der Waals surface area contributed by atoms with Crippen LogP contribution in [0.4, 0.5) is 0 Å². The van der Waals surface area contributed by atoms with E-state index in [4.69, 9.17) is 4.74 Å². The van der Waals surface area contributed by atoms with E-state index in [1.807, 2.05) is 13.0 Å². The van der Waals surface area contributed by atoms with Gasteiger partial charge in [0.1, 0.15) is 5.75 Å². The van der Waals surface area contributed by atoms with Crippen LogP contribution in [0.25, 0.3) is 0 Å². The molecular formula is C16H27N3O. The lowest BCUT2D eigenvalue weighted by molar-refractivity contribution is 0.0436. The summed E-state index contributed by atoms with van der Waals surface area (Å²) in [6.07, 6.45) is 2.33. The minimum Gasteiger partial charge on any atom is -0.497 e. The molecule has 0 aromatic carbocycles. The first-order valence-corrected chi connectivity index (χ1v) is 7.61. The number of piperazine rings is 1. The van der Waals surface area contributed by atoms with Crippen LogP contribution in [0.3, 0.4) is 0 Å². The van der Waals surface area contributed by atoms with Gasteiger partial charge in [-0.1, -0.05) is 13.8 Å². The molecule has 1 aliphatic heterocycles. The van der Waals surface area contributed by atoms with Crippen LogP contribution in [0.15, 0.2) is 12.1 Å². The van der Waals surface area contributed by atoms with Crippen LogP contribution in [0.2, 0.25) is 0 Å². The second-order valence-electron chi connectivity index (χ2n) is 5.67. The molecule has 1 aliphatic rings. The Bertz CT molecular complexity index is 443. The highest BCUT2D eigenvalue weighted by Gasteiger charge is 2.35. The van der Waals surface area contributed by atoms with Gasteiger partial charge in [0.15, 0.2) is 0 Å². The van der Waals surface area contributed by atoms with Crippen molar-refractivity contribution in [2.24, 2.45) is 0 Å². The zero-order chi connectivity index (χ0) is 14.6. The third-order valence-electron chi connectivity index (χ3n) is 4.57. The molecule has 0 saturated carbocycles. The van der Waals surface area contributed by atoms with Crippen molar-refractivity contribution < 1.29 is 4.74 Å². The molecule has 1 saturated heterocycles. The predicted octanol–water partition coefficient (Wildman–Crippen LogP) is 2.36. The first kappa shape index (κ1) is 15.3. The van der Waals surface area contributed by atoms with Gasteiger partial charge in [-0.15, -0.1) is 0 Å². The maximum absolute atomic E-state index is 5.36. The lowest BCUT2D eigenvalue weighted by Crippen LogP contribution is -2.60. The van der Waals surface area contributed by atoms with Crippen LogP contribution < -0.4 is 10.1 Å². The normalized spacial score (nSPS) is 19.0. The van der Waals surface area contributed by atoms with E-state index in [0.29, 0.717) is 0 Å². The summed E-state index contributed by atoms with van der Waals surface area (Å²) >= 11 is 0. The van der Waals surface area contributed by atoms with E-state index in [1.165, 1.54) is 12.8 Å². The number of nitrogens with zero attached hydrogens (tertiary/aromatic N) is 2. The number of ether oxygens (including phenoxy) is 1. The van der Waals surface area contributed by atoms with E-state index in [2.05, 4.69) is 35.1 Å². The highest BCUT2D eigenvalue weighted by atomic mass is 16.5. The lowest BCUT2D eigenvalue weighted by atomic mass is 9.88. The molecule has 1 aromatic heterocycles. The Hall–Kier alpha value is -1.13. The Balaban J connectivity index is 2.20. The maximum Gasteiger partial charge on any atom is 0.122 e. The topological polar surface area (TPSA) is 37.4 Å². The fraction of sp³-hybridized carbons (Fsp3) is 0.688. The van der Waals surface area contributed by atoms with Crippen LogP contribution in [0, 0.1) is 6.92 Å². The van der Waals surface area contributed by atoms with Gasteiger partial charge in [-0.25, -0.2) is 0 Å². The van der Waals surface area contributed by atoms with Crippen molar-refractivity contribution >= 4 is 0 Å². The molecule has 112 valence electrons. The highest BCUT2D eigenvalue weighted by Crippen LogP contribution is 2.27. The summed E-state index contributed by atoms with van der Waals surface area (Å²) in [5, 5.41) is 3.54. The van der Waals surface area contributed by atoms with Crippen LogP contribution in [-0.2, 0) is 6.54 Å². The van der Waals surface area contributed by atoms with Crippen molar-refractivity contribution in [1.82, 2.24) is 15.2 Å². The van der Waals surface area contributed by atoms with Gasteiger partial charge in [0.05, 0.1) is 12.8 Å². The van der Waals surface area contributed by atoms with E-state index in [0.717, 1.165) is 43.3 Å². The van der Waals surface area contributed by atoms with Crippen LogP contribution >= 0.6 is 0 Å². The minimum absolute atomic E-state index is 0.261. The largest absolute Gasteiger partial charge is 0.497 e. The number of hydrogen-bond donors (Lipinski definition) is 1. The van der Waals surface area contributed by atoms with Gasteiger partial charge in [0.25, 0.3) is 0 Å². The van der Waals surface area contributed by atoms with E-state index in [-0.39, 0.29) is 5.54 Å². The average molecular weight is 277 g/mol. The number of rotatable bonds is 5. The summed E-state index contributed by atoms with van der Waals surface area (Å²) in [5.74, 6) is 0.904. The summed E-state index contributed by atoms with van der Waals surface area (Å²) in [5.41, 5.74) is 2.39. The van der Waals surface area contributed by atoms with Crippen molar-refractivity contribution in [2.45, 2.75) is 45.7 Å². The van der Waals surface area contributed by atoms with E-state index < -0.39 is 0 Å². The number of aryl methyl sites for hydroxylation is 1. The molecule has 2 heterocycles. The summed E-state index contributed by atoms with van der Waals surface area (Å²) in [4.78, 5) is 7.26. The Morgan fingerprint density at radius 1 is 1.35 bits per heavy atom. The minimum atomic E-state index is 0.261. The zero-order valence-electron chi connectivity index (χ0n) is 13.2. The van der Waals surface area contributed by atoms with Crippen molar-refractivity contribution in [3.05, 3.63) is 23.5 Å². The second-order valence-corrected chi connectivity index (χ2v) is 5.67. The van der Waals surface area contributed by atoms with Gasteiger partial charge < -0.3 is 10.1 Å². The number of pyridine rings is 1. The lowest BCUT2D eigenvalue weighted by Gasteiger charge is -2.47. The van der Waals surface area contributed by atoms with E-state index in [9.17, 15) is 0 Å². The molecule has 2 rings (SSSR count). The molecule has 20 heavy (non-hydrogen) atoms. The summed E-state index contributed by atoms with van der Waals surface area (Å²) in [6, 6.07) is 4.04. The van der Waals surface area contributed by atoms with Crippen molar-refractivity contribution in [1.29, 1.82) is 0 Å². The number of methoxy groups -OCH3 is 1. The molecule has 0 atom stereocenters. The molecule has 1 N–H and O–H groups in total. The molecule has 0 aliphatic carbocycles. The standard InChI is InChI=1S/C16H27N3O/c1-5-16(6-2)12-17-7-8-19(16)11-14-10-15(20-4)9-13(3)18-14/h9-10,17H,5-8,11-12H2,1-4H3. The number of aromatic nitrogens is 1. The highest BCUT2D eigenvalue weighted by molar-refractivity contribution is 5.26. The number of nitrogens with one attached hydrogen (secondary N) is 1. The Morgan fingerprint density at radius 3 is 2.75 bits per heavy atom. The Labute approximate surface area is 122 Å². The predicted molar refractivity (Wildman–Crippen MR) is 82.1 cm³/mol. The molecule has 0 radical (unpaired) electrons. The molecular weight excluding hydrogens is 250 g/mol. The fourth-order valence-corrected chi connectivity index (χ4v) is 3.18. The van der Waals surface area contributed by atoms with Gasteiger partial charge in [0.2, 0.25) is 0 Å². The Morgan fingerprint density at radius 2 is 2.10 bits per heavy atom. The molecule has 0 amide bonds. The van der Waals surface area contributed by atoms with Crippen molar-refractivity contribution in [3.8, 4) is 5.75 Å². The molecule has 4 heteroatoms. The van der Waals surface area contributed by atoms with Crippen LogP contribution in [-0.4, -0.2) is 42.2 Å². The quantitative estimate of drug-likeness (QED) is 0.896. The number of hydrogen-bond acceptors (Lipinski definition) is 4. The molecule has 0 unspecified atom stereocenters. The SMILES string of the molecule is CCC1(CC)CNCCN1Cc1cc(OC)cc(C)n1. The zero-order valence-corrected chi connectivity index (χ0v) is 13.2.